The number of nitrogens with zero attached hydrogens (tertiary/aromatic N) is 1. The fourth-order valence-corrected chi connectivity index (χ4v) is 3.35. The van der Waals surface area contributed by atoms with E-state index in [0.29, 0.717) is 25.8 Å². The Morgan fingerprint density at radius 2 is 1.69 bits per heavy atom. The van der Waals surface area contributed by atoms with Gasteiger partial charge in [0.15, 0.2) is 0 Å². The van der Waals surface area contributed by atoms with Gasteiger partial charge in [-0.05, 0) is 57.9 Å². The molecule has 2 N–H and O–H groups in total. The molecule has 26 heavy (non-hydrogen) atoms. The van der Waals surface area contributed by atoms with E-state index in [-0.39, 0.29) is 5.91 Å². The molecule has 0 aliphatic carbocycles. The number of rotatable bonds is 8. The van der Waals surface area contributed by atoms with Gasteiger partial charge in [0.05, 0.1) is 4.75 Å². The second-order valence-electron chi connectivity index (χ2n) is 7.44. The van der Waals surface area contributed by atoms with E-state index in [1.165, 1.54) is 0 Å². The van der Waals surface area contributed by atoms with Crippen molar-refractivity contribution in [2.45, 2.75) is 44.8 Å². The molecular weight excluding hydrogens is 350 g/mol. The SMILES string of the molecule is CC(C)(C)S(=O)(=O)NCCCCC(=O)Nc1ccc(N2CC=CC2)cc1. The molecule has 0 fully saturated rings. The number of carbonyl (C=O) groups is 1. The van der Waals surface area contributed by atoms with Crippen molar-refractivity contribution in [3.63, 3.8) is 0 Å². The summed E-state index contributed by atoms with van der Waals surface area (Å²) in [5.74, 6) is -0.0562. The van der Waals surface area contributed by atoms with Gasteiger partial charge < -0.3 is 10.2 Å². The van der Waals surface area contributed by atoms with Gasteiger partial charge in [-0.25, -0.2) is 13.1 Å². The Morgan fingerprint density at radius 1 is 1.08 bits per heavy atom. The Hall–Kier alpha value is -1.86. The van der Waals surface area contributed by atoms with Gasteiger partial charge in [-0.15, -0.1) is 0 Å². The number of hydrogen-bond donors (Lipinski definition) is 2. The normalized spacial score (nSPS) is 14.7. The number of anilines is 2. The van der Waals surface area contributed by atoms with E-state index in [9.17, 15) is 13.2 Å². The zero-order valence-corrected chi connectivity index (χ0v) is 16.6. The summed E-state index contributed by atoms with van der Waals surface area (Å²) in [6.07, 6.45) is 5.91. The lowest BCUT2D eigenvalue weighted by molar-refractivity contribution is -0.116. The molecule has 144 valence electrons. The number of nitrogens with one attached hydrogen (secondary N) is 2. The zero-order valence-electron chi connectivity index (χ0n) is 15.8. The van der Waals surface area contributed by atoms with Gasteiger partial charge in [0.1, 0.15) is 0 Å². The molecule has 1 amide bonds. The molecule has 7 heteroatoms. The highest BCUT2D eigenvalue weighted by Crippen LogP contribution is 2.20. The van der Waals surface area contributed by atoms with Crippen molar-refractivity contribution in [3.05, 3.63) is 36.4 Å². The predicted octanol–water partition coefficient (Wildman–Crippen LogP) is 2.89. The first-order valence-corrected chi connectivity index (χ1v) is 10.5. The first kappa shape index (κ1) is 20.5. The predicted molar refractivity (Wildman–Crippen MR) is 107 cm³/mol. The van der Waals surface area contributed by atoms with Crippen LogP contribution in [-0.2, 0) is 14.8 Å². The van der Waals surface area contributed by atoms with Crippen molar-refractivity contribution in [2.75, 3.05) is 29.9 Å². The highest BCUT2D eigenvalue weighted by atomic mass is 32.2. The number of amides is 1. The maximum absolute atomic E-state index is 12.0. The lowest BCUT2D eigenvalue weighted by Crippen LogP contribution is -2.39. The van der Waals surface area contributed by atoms with Crippen molar-refractivity contribution < 1.29 is 13.2 Å². The largest absolute Gasteiger partial charge is 0.364 e. The molecule has 0 bridgehead atoms. The van der Waals surface area contributed by atoms with Crippen LogP contribution in [0.4, 0.5) is 11.4 Å². The van der Waals surface area contributed by atoms with E-state index in [0.717, 1.165) is 24.5 Å². The fraction of sp³-hybridized carbons (Fsp3) is 0.526. The Morgan fingerprint density at radius 3 is 2.27 bits per heavy atom. The molecule has 0 spiro atoms. The average Bonchev–Trinajstić information content (AvgIpc) is 3.08. The highest BCUT2D eigenvalue weighted by Gasteiger charge is 2.27. The molecule has 0 saturated carbocycles. The van der Waals surface area contributed by atoms with Gasteiger partial charge in [-0.1, -0.05) is 12.2 Å². The van der Waals surface area contributed by atoms with Crippen LogP contribution in [0.5, 0.6) is 0 Å². The number of benzene rings is 1. The van der Waals surface area contributed by atoms with Gasteiger partial charge in [-0.3, -0.25) is 4.79 Å². The van der Waals surface area contributed by atoms with E-state index in [2.05, 4.69) is 27.1 Å². The molecule has 0 saturated heterocycles. The van der Waals surface area contributed by atoms with E-state index in [1.807, 2.05) is 24.3 Å². The number of hydrogen-bond acceptors (Lipinski definition) is 4. The van der Waals surface area contributed by atoms with Crippen molar-refractivity contribution in [1.29, 1.82) is 0 Å². The molecule has 1 aliphatic heterocycles. The van der Waals surface area contributed by atoms with Crippen molar-refractivity contribution in [2.24, 2.45) is 0 Å². The van der Waals surface area contributed by atoms with Crippen LogP contribution in [0.2, 0.25) is 0 Å². The zero-order chi connectivity index (χ0) is 19.2. The molecule has 1 aliphatic rings. The Labute approximate surface area is 156 Å². The summed E-state index contributed by atoms with van der Waals surface area (Å²) in [7, 11) is -3.32. The molecule has 1 aromatic carbocycles. The monoisotopic (exact) mass is 379 g/mol. The second kappa shape index (κ2) is 8.68. The first-order valence-electron chi connectivity index (χ1n) is 8.98. The van der Waals surface area contributed by atoms with Crippen LogP contribution in [0, 0.1) is 0 Å². The van der Waals surface area contributed by atoms with Crippen molar-refractivity contribution in [3.8, 4) is 0 Å². The number of sulfonamides is 1. The van der Waals surface area contributed by atoms with Gasteiger partial charge in [-0.2, -0.15) is 0 Å². The lowest BCUT2D eigenvalue weighted by Gasteiger charge is -2.19. The Kier molecular flexibility index (Phi) is 6.83. The van der Waals surface area contributed by atoms with Crippen LogP contribution >= 0.6 is 0 Å². The summed E-state index contributed by atoms with van der Waals surface area (Å²) < 4.78 is 25.6. The van der Waals surface area contributed by atoms with Gasteiger partial charge in [0.25, 0.3) is 0 Å². The van der Waals surface area contributed by atoms with Crippen molar-refractivity contribution in [1.82, 2.24) is 4.72 Å². The van der Waals surface area contributed by atoms with Crippen molar-refractivity contribution >= 4 is 27.3 Å². The third-order valence-corrected chi connectivity index (χ3v) is 6.46. The summed E-state index contributed by atoms with van der Waals surface area (Å²) in [5.41, 5.74) is 1.92. The average molecular weight is 380 g/mol. The molecule has 0 unspecified atom stereocenters. The maximum atomic E-state index is 12.0. The first-order chi connectivity index (χ1) is 12.2. The molecule has 1 aromatic rings. The van der Waals surface area contributed by atoms with Crippen LogP contribution < -0.4 is 14.9 Å². The standard InChI is InChI=1S/C19H29N3O3S/c1-19(2,3)26(24,25)20-13-5-4-8-18(23)21-16-9-11-17(12-10-16)22-14-6-7-15-22/h6-7,9-12,20H,4-5,8,13-15H2,1-3H3,(H,21,23). The molecule has 0 aromatic heterocycles. The topological polar surface area (TPSA) is 78.5 Å². The van der Waals surface area contributed by atoms with Crippen LogP contribution in [-0.4, -0.2) is 38.7 Å². The fourth-order valence-electron chi connectivity index (χ4n) is 2.50. The number of unbranched alkanes of at least 4 members (excludes halogenated alkanes) is 1. The van der Waals surface area contributed by atoms with E-state index in [4.69, 9.17) is 0 Å². The third-order valence-electron chi connectivity index (χ3n) is 4.26. The van der Waals surface area contributed by atoms with Crippen LogP contribution in [0.1, 0.15) is 40.0 Å². The Bertz CT molecular complexity index is 726. The molecular formula is C19H29N3O3S. The molecule has 0 atom stereocenters. The minimum atomic E-state index is -3.32. The van der Waals surface area contributed by atoms with E-state index in [1.54, 1.807) is 20.8 Å². The van der Waals surface area contributed by atoms with Gasteiger partial charge in [0.2, 0.25) is 15.9 Å². The van der Waals surface area contributed by atoms with Crippen LogP contribution in [0.25, 0.3) is 0 Å². The summed E-state index contributed by atoms with van der Waals surface area (Å²) in [5, 5.41) is 2.88. The summed E-state index contributed by atoms with van der Waals surface area (Å²) >= 11 is 0. The van der Waals surface area contributed by atoms with Gasteiger partial charge in [0, 0.05) is 37.4 Å². The summed E-state index contributed by atoms with van der Waals surface area (Å²) in [6.45, 7) is 7.18. The molecule has 0 radical (unpaired) electrons. The summed E-state index contributed by atoms with van der Waals surface area (Å²) in [6, 6.07) is 7.82. The molecule has 2 rings (SSSR count). The maximum Gasteiger partial charge on any atom is 0.224 e. The molecule has 1 heterocycles. The second-order valence-corrected chi connectivity index (χ2v) is 9.96. The smallest absolute Gasteiger partial charge is 0.224 e. The Balaban J connectivity index is 1.67. The number of carbonyl (C=O) groups excluding carboxylic acids is 1. The van der Waals surface area contributed by atoms with Gasteiger partial charge >= 0.3 is 0 Å². The lowest BCUT2D eigenvalue weighted by atomic mass is 10.2. The van der Waals surface area contributed by atoms with E-state index < -0.39 is 14.8 Å². The third kappa shape index (κ3) is 5.85. The minimum absolute atomic E-state index is 0.0562. The summed E-state index contributed by atoms with van der Waals surface area (Å²) in [4.78, 5) is 14.2. The highest BCUT2D eigenvalue weighted by molar-refractivity contribution is 7.90. The van der Waals surface area contributed by atoms with Crippen LogP contribution in [0.15, 0.2) is 36.4 Å². The quantitative estimate of drug-likeness (QED) is 0.538. The van der Waals surface area contributed by atoms with E-state index >= 15 is 0 Å². The minimum Gasteiger partial charge on any atom is -0.364 e. The van der Waals surface area contributed by atoms with Crippen LogP contribution in [0.3, 0.4) is 0 Å². The molecule has 6 nitrogen and oxygen atoms in total.